The van der Waals surface area contributed by atoms with E-state index in [1.165, 1.54) is 25.7 Å². The fourth-order valence-electron chi connectivity index (χ4n) is 3.02. The second kappa shape index (κ2) is 7.38. The third kappa shape index (κ3) is 4.39. The smallest absolute Gasteiger partial charge is 0.190 e. The van der Waals surface area contributed by atoms with Crippen LogP contribution in [0, 0.1) is 0 Å². The Morgan fingerprint density at radius 2 is 1.67 bits per heavy atom. The third-order valence-electron chi connectivity index (χ3n) is 4.21. The molecular weight excluding hydrogens is 270 g/mol. The Kier molecular flexibility index (Phi) is 6.03. The maximum Gasteiger partial charge on any atom is 0.190 e. The highest BCUT2D eigenvalue weighted by Crippen LogP contribution is 2.37. The molecule has 124 valence electrons. The third-order valence-corrected chi connectivity index (χ3v) is 4.21. The predicted molar refractivity (Wildman–Crippen MR) is 81.0 cm³/mol. The molecule has 0 saturated carbocycles. The van der Waals surface area contributed by atoms with Crippen molar-refractivity contribution in [3.05, 3.63) is 0 Å². The zero-order chi connectivity index (χ0) is 15.5. The van der Waals surface area contributed by atoms with Crippen LogP contribution >= 0.6 is 0 Å². The van der Waals surface area contributed by atoms with Gasteiger partial charge >= 0.3 is 0 Å². The van der Waals surface area contributed by atoms with Gasteiger partial charge in [-0.05, 0) is 39.8 Å². The molecule has 2 fully saturated rings. The minimum Gasteiger partial charge on any atom is -0.387 e. The Morgan fingerprint density at radius 3 is 2.19 bits per heavy atom. The number of nitrogens with zero attached hydrogens (tertiary/aromatic N) is 1. The normalized spacial score (nSPS) is 34.6. The number of hydrogen-bond donors (Lipinski definition) is 1. The Labute approximate surface area is 128 Å². The molecule has 0 radical (unpaired) electrons. The summed E-state index contributed by atoms with van der Waals surface area (Å²) in [7, 11) is 0. The summed E-state index contributed by atoms with van der Waals surface area (Å²) < 4.78 is 17.3. The monoisotopic (exact) mass is 301 g/mol. The van der Waals surface area contributed by atoms with Gasteiger partial charge < -0.3 is 24.2 Å². The van der Waals surface area contributed by atoms with E-state index in [1.54, 1.807) is 0 Å². The number of aliphatic hydroxyl groups is 1. The molecule has 21 heavy (non-hydrogen) atoms. The topological polar surface area (TPSA) is 51.2 Å². The molecule has 2 aliphatic heterocycles. The first-order chi connectivity index (χ1) is 9.96. The van der Waals surface area contributed by atoms with Crippen LogP contribution in [0.2, 0.25) is 0 Å². The van der Waals surface area contributed by atoms with E-state index in [2.05, 4.69) is 18.7 Å². The number of unbranched alkanes of at least 4 members (excludes halogenated alkanes) is 2. The molecule has 0 aromatic heterocycles. The first-order valence-corrected chi connectivity index (χ1v) is 8.38. The van der Waals surface area contributed by atoms with Gasteiger partial charge in [0.15, 0.2) is 12.1 Å². The highest BCUT2D eigenvalue weighted by atomic mass is 16.8. The lowest BCUT2D eigenvalue weighted by molar-refractivity contribution is -0.216. The van der Waals surface area contributed by atoms with Crippen molar-refractivity contribution in [2.45, 2.75) is 83.8 Å². The molecule has 0 amide bonds. The minimum absolute atomic E-state index is 0.218. The van der Waals surface area contributed by atoms with Gasteiger partial charge in [0.1, 0.15) is 18.3 Å². The molecule has 0 unspecified atom stereocenters. The molecule has 1 N–H and O–H groups in total. The van der Waals surface area contributed by atoms with E-state index in [1.807, 2.05) is 13.8 Å². The van der Waals surface area contributed by atoms with E-state index >= 15 is 0 Å². The molecule has 0 spiro atoms. The van der Waals surface area contributed by atoms with Crippen LogP contribution in [0.1, 0.15) is 53.4 Å². The van der Waals surface area contributed by atoms with Crippen LogP contribution in [0.4, 0.5) is 0 Å². The summed E-state index contributed by atoms with van der Waals surface area (Å²) in [4.78, 5) is 2.40. The fourth-order valence-corrected chi connectivity index (χ4v) is 3.02. The molecule has 0 bridgehead atoms. The molecule has 2 saturated heterocycles. The summed E-state index contributed by atoms with van der Waals surface area (Å²) in [5.41, 5.74) is 0. The summed E-state index contributed by atoms with van der Waals surface area (Å²) in [5, 5.41) is 10.4. The first-order valence-electron chi connectivity index (χ1n) is 8.38. The van der Waals surface area contributed by atoms with Crippen LogP contribution in [-0.4, -0.2) is 60.0 Å². The van der Waals surface area contributed by atoms with Crippen molar-refractivity contribution in [1.82, 2.24) is 4.90 Å². The van der Waals surface area contributed by atoms with Gasteiger partial charge in [-0.2, -0.15) is 0 Å². The van der Waals surface area contributed by atoms with Gasteiger partial charge in [0.05, 0.1) is 0 Å². The molecule has 0 aromatic rings. The van der Waals surface area contributed by atoms with E-state index in [9.17, 15) is 5.11 Å². The van der Waals surface area contributed by atoms with E-state index in [-0.39, 0.29) is 12.2 Å². The maximum absolute atomic E-state index is 10.4. The number of fused-ring (bicyclic) bond motifs is 1. The van der Waals surface area contributed by atoms with Gasteiger partial charge in [-0.1, -0.05) is 26.7 Å². The van der Waals surface area contributed by atoms with E-state index in [0.717, 1.165) is 19.6 Å². The lowest BCUT2D eigenvalue weighted by Gasteiger charge is -2.28. The van der Waals surface area contributed by atoms with Gasteiger partial charge in [0, 0.05) is 6.54 Å². The second-order valence-corrected chi connectivity index (χ2v) is 6.64. The second-order valence-electron chi connectivity index (χ2n) is 6.64. The molecular formula is C16H31NO4. The van der Waals surface area contributed by atoms with E-state index < -0.39 is 18.2 Å². The Bertz CT molecular complexity index is 315. The Morgan fingerprint density at radius 1 is 1.05 bits per heavy atom. The lowest BCUT2D eigenvalue weighted by atomic mass is 10.1. The van der Waals surface area contributed by atoms with Crippen LogP contribution in [-0.2, 0) is 14.2 Å². The molecule has 2 rings (SSSR count). The van der Waals surface area contributed by atoms with Gasteiger partial charge in [0.2, 0.25) is 0 Å². The zero-order valence-electron chi connectivity index (χ0n) is 13.9. The minimum atomic E-state index is -0.661. The highest BCUT2D eigenvalue weighted by molar-refractivity contribution is 4.94. The van der Waals surface area contributed by atoms with E-state index in [4.69, 9.17) is 14.2 Å². The molecule has 0 aromatic carbocycles. The molecule has 5 heteroatoms. The van der Waals surface area contributed by atoms with Crippen molar-refractivity contribution in [1.29, 1.82) is 0 Å². The van der Waals surface area contributed by atoms with Gasteiger partial charge in [0.25, 0.3) is 0 Å². The fraction of sp³-hybridized carbons (Fsp3) is 1.00. The first kappa shape index (κ1) is 17.2. The summed E-state index contributed by atoms with van der Waals surface area (Å²) in [6.07, 6.45) is 3.11. The molecule has 2 heterocycles. The van der Waals surface area contributed by atoms with Crippen LogP contribution in [0.15, 0.2) is 0 Å². The lowest BCUT2D eigenvalue weighted by Crippen LogP contribution is -2.42. The summed E-state index contributed by atoms with van der Waals surface area (Å²) >= 11 is 0. The van der Waals surface area contributed by atoms with Crippen molar-refractivity contribution in [3.63, 3.8) is 0 Å². The zero-order valence-corrected chi connectivity index (χ0v) is 13.9. The number of hydrogen-bond acceptors (Lipinski definition) is 5. The van der Waals surface area contributed by atoms with Gasteiger partial charge in [-0.15, -0.1) is 0 Å². The van der Waals surface area contributed by atoms with Gasteiger partial charge in [-0.25, -0.2) is 0 Å². The average Bonchev–Trinajstić information content (AvgIpc) is 2.87. The predicted octanol–water partition coefficient (Wildman–Crippen LogP) is 2.13. The number of rotatable bonds is 8. The largest absolute Gasteiger partial charge is 0.387 e. The molecule has 5 nitrogen and oxygen atoms in total. The van der Waals surface area contributed by atoms with Crippen LogP contribution in [0.5, 0.6) is 0 Å². The molecule has 4 atom stereocenters. The maximum atomic E-state index is 10.4. The standard InChI is InChI=1S/C16H31NO4/c1-5-7-9-17(10-8-6-2)11-12-13(18)14-15(19-12)21-16(3,4)20-14/h12-15,18H,5-11H2,1-4H3/t12-,13+,14-,15-/m1/s1. The number of aliphatic hydroxyl groups excluding tert-OH is 1. The van der Waals surface area contributed by atoms with Crippen molar-refractivity contribution in [2.24, 2.45) is 0 Å². The highest BCUT2D eigenvalue weighted by Gasteiger charge is 2.54. The van der Waals surface area contributed by atoms with E-state index in [0.29, 0.717) is 0 Å². The summed E-state index contributed by atoms with van der Waals surface area (Å²) in [6.45, 7) is 11.0. The van der Waals surface area contributed by atoms with Crippen molar-refractivity contribution >= 4 is 0 Å². The van der Waals surface area contributed by atoms with Crippen molar-refractivity contribution < 1.29 is 19.3 Å². The van der Waals surface area contributed by atoms with Crippen molar-refractivity contribution in [2.75, 3.05) is 19.6 Å². The quantitative estimate of drug-likeness (QED) is 0.744. The Balaban J connectivity index is 1.87. The van der Waals surface area contributed by atoms with Crippen LogP contribution in [0.25, 0.3) is 0 Å². The number of ether oxygens (including phenoxy) is 3. The molecule has 0 aliphatic carbocycles. The summed E-state index contributed by atoms with van der Waals surface area (Å²) in [6, 6.07) is 0. The van der Waals surface area contributed by atoms with Gasteiger partial charge in [-0.3, -0.25) is 0 Å². The summed E-state index contributed by atoms with van der Waals surface area (Å²) in [5.74, 6) is -0.661. The Hall–Kier alpha value is -0.200. The van der Waals surface area contributed by atoms with Crippen molar-refractivity contribution in [3.8, 4) is 0 Å². The average molecular weight is 301 g/mol. The van der Waals surface area contributed by atoms with Crippen LogP contribution < -0.4 is 0 Å². The molecule has 2 aliphatic rings. The SMILES string of the molecule is CCCCN(CCCC)C[C@H]1O[C@@H]2OC(C)(C)O[C@@H]2[C@H]1O. The van der Waals surface area contributed by atoms with Crippen LogP contribution in [0.3, 0.4) is 0 Å².